The minimum Gasteiger partial charge on any atom is -0.337 e. The molecular formula is C19H21N3O3. The summed E-state index contributed by atoms with van der Waals surface area (Å²) in [5, 5.41) is 5.28. The highest BCUT2D eigenvalue weighted by Gasteiger charge is 2.15. The van der Waals surface area contributed by atoms with Gasteiger partial charge in [-0.05, 0) is 23.8 Å². The Bertz CT molecular complexity index is 754. The zero-order valence-electron chi connectivity index (χ0n) is 14.5. The second kappa shape index (κ2) is 8.10. The Hall–Kier alpha value is -3.15. The van der Waals surface area contributed by atoms with Crippen molar-refractivity contribution in [2.24, 2.45) is 0 Å². The SMILES string of the molecule is CC(=O)Nc1cc(NC(C)=O)cc(C(=O)N(C)Cc2ccccc2)c1. The van der Waals surface area contributed by atoms with E-state index < -0.39 is 0 Å². The molecule has 0 saturated carbocycles. The minimum absolute atomic E-state index is 0.206. The number of carbonyl (C=O) groups is 3. The topological polar surface area (TPSA) is 78.5 Å². The molecule has 2 rings (SSSR count). The van der Waals surface area contributed by atoms with Crippen LogP contribution in [-0.2, 0) is 16.1 Å². The van der Waals surface area contributed by atoms with Crippen molar-refractivity contribution in [3.8, 4) is 0 Å². The number of nitrogens with one attached hydrogen (secondary N) is 2. The highest BCUT2D eigenvalue weighted by Crippen LogP contribution is 2.21. The molecule has 25 heavy (non-hydrogen) atoms. The van der Waals surface area contributed by atoms with Gasteiger partial charge in [-0.15, -0.1) is 0 Å². The van der Waals surface area contributed by atoms with Crippen molar-refractivity contribution in [2.75, 3.05) is 17.7 Å². The molecule has 3 amide bonds. The third-order valence-corrected chi connectivity index (χ3v) is 3.43. The lowest BCUT2D eigenvalue weighted by Gasteiger charge is -2.18. The van der Waals surface area contributed by atoms with Crippen LogP contribution in [0.2, 0.25) is 0 Å². The monoisotopic (exact) mass is 339 g/mol. The lowest BCUT2D eigenvalue weighted by atomic mass is 10.1. The summed E-state index contributed by atoms with van der Waals surface area (Å²) in [6.07, 6.45) is 0. The summed E-state index contributed by atoms with van der Waals surface area (Å²) < 4.78 is 0. The van der Waals surface area contributed by atoms with E-state index in [0.717, 1.165) is 5.56 Å². The standard InChI is InChI=1S/C19H21N3O3/c1-13(23)20-17-9-16(10-18(11-17)21-14(2)24)19(25)22(3)12-15-7-5-4-6-8-15/h4-11H,12H2,1-3H3,(H,20,23)(H,21,24). The van der Waals surface area contributed by atoms with Crippen LogP contribution in [0.1, 0.15) is 29.8 Å². The summed E-state index contributed by atoms with van der Waals surface area (Å²) in [5.74, 6) is -0.713. The molecule has 0 spiro atoms. The van der Waals surface area contributed by atoms with Crippen LogP contribution in [-0.4, -0.2) is 29.7 Å². The number of amides is 3. The molecule has 0 saturated heterocycles. The van der Waals surface area contributed by atoms with E-state index in [-0.39, 0.29) is 17.7 Å². The van der Waals surface area contributed by atoms with E-state index in [9.17, 15) is 14.4 Å². The van der Waals surface area contributed by atoms with Crippen molar-refractivity contribution in [3.05, 3.63) is 59.7 Å². The van der Waals surface area contributed by atoms with Crippen LogP contribution >= 0.6 is 0 Å². The summed E-state index contributed by atoms with van der Waals surface area (Å²) >= 11 is 0. The van der Waals surface area contributed by atoms with E-state index in [2.05, 4.69) is 10.6 Å². The fraction of sp³-hybridized carbons (Fsp3) is 0.211. The maximum atomic E-state index is 12.7. The molecule has 130 valence electrons. The van der Waals surface area contributed by atoms with E-state index in [1.54, 1.807) is 30.1 Å². The van der Waals surface area contributed by atoms with Crippen LogP contribution in [0, 0.1) is 0 Å². The second-order valence-corrected chi connectivity index (χ2v) is 5.81. The van der Waals surface area contributed by atoms with E-state index in [1.165, 1.54) is 13.8 Å². The minimum atomic E-state index is -0.254. The van der Waals surface area contributed by atoms with Gasteiger partial charge in [0.15, 0.2) is 0 Å². The molecule has 0 radical (unpaired) electrons. The van der Waals surface area contributed by atoms with Crippen LogP contribution < -0.4 is 10.6 Å². The largest absolute Gasteiger partial charge is 0.337 e. The maximum absolute atomic E-state index is 12.7. The first-order valence-corrected chi connectivity index (χ1v) is 7.85. The van der Waals surface area contributed by atoms with Crippen LogP contribution in [0.5, 0.6) is 0 Å². The Kier molecular flexibility index (Phi) is 5.89. The van der Waals surface area contributed by atoms with E-state index >= 15 is 0 Å². The lowest BCUT2D eigenvalue weighted by molar-refractivity contribution is -0.115. The molecule has 0 fully saturated rings. The van der Waals surface area contributed by atoms with Crippen LogP contribution in [0.3, 0.4) is 0 Å². The number of benzene rings is 2. The van der Waals surface area contributed by atoms with Gasteiger partial charge in [0.1, 0.15) is 0 Å². The van der Waals surface area contributed by atoms with Gasteiger partial charge in [-0.1, -0.05) is 30.3 Å². The number of hydrogen-bond donors (Lipinski definition) is 2. The van der Waals surface area contributed by atoms with Gasteiger partial charge in [-0.25, -0.2) is 0 Å². The average molecular weight is 339 g/mol. The Balaban J connectivity index is 2.26. The maximum Gasteiger partial charge on any atom is 0.254 e. The molecule has 2 aromatic carbocycles. The van der Waals surface area contributed by atoms with Crippen molar-refractivity contribution in [2.45, 2.75) is 20.4 Å². The zero-order valence-corrected chi connectivity index (χ0v) is 14.5. The smallest absolute Gasteiger partial charge is 0.254 e. The number of nitrogens with zero attached hydrogens (tertiary/aromatic N) is 1. The van der Waals surface area contributed by atoms with Gasteiger partial charge in [0.25, 0.3) is 5.91 Å². The summed E-state index contributed by atoms with van der Waals surface area (Å²) in [6, 6.07) is 14.4. The zero-order chi connectivity index (χ0) is 18.4. The molecular weight excluding hydrogens is 318 g/mol. The third kappa shape index (κ3) is 5.46. The van der Waals surface area contributed by atoms with Gasteiger partial charge in [0.05, 0.1) is 0 Å². The number of anilines is 2. The highest BCUT2D eigenvalue weighted by molar-refractivity contribution is 5.99. The first-order chi connectivity index (χ1) is 11.8. The summed E-state index contributed by atoms with van der Waals surface area (Å²) in [4.78, 5) is 36.9. The Labute approximate surface area is 146 Å². The number of rotatable bonds is 5. The second-order valence-electron chi connectivity index (χ2n) is 5.81. The van der Waals surface area contributed by atoms with Crippen LogP contribution in [0.4, 0.5) is 11.4 Å². The Morgan fingerprint density at radius 2 is 1.40 bits per heavy atom. The molecule has 6 heteroatoms. The van der Waals surface area contributed by atoms with Gasteiger partial charge in [-0.3, -0.25) is 14.4 Å². The summed E-state index contributed by atoms with van der Waals surface area (Å²) in [6.45, 7) is 3.22. The molecule has 0 atom stereocenters. The molecule has 2 aromatic rings. The Morgan fingerprint density at radius 1 is 0.880 bits per heavy atom. The van der Waals surface area contributed by atoms with Crippen molar-refractivity contribution in [1.82, 2.24) is 4.90 Å². The van der Waals surface area contributed by atoms with Crippen LogP contribution in [0.15, 0.2) is 48.5 Å². The molecule has 0 unspecified atom stereocenters. The van der Waals surface area contributed by atoms with Gasteiger partial charge >= 0.3 is 0 Å². The average Bonchev–Trinajstić information content (AvgIpc) is 2.53. The van der Waals surface area contributed by atoms with Crippen molar-refractivity contribution >= 4 is 29.1 Å². The number of carbonyl (C=O) groups excluding carboxylic acids is 3. The molecule has 0 aromatic heterocycles. The molecule has 0 aliphatic heterocycles. The molecule has 0 aliphatic carbocycles. The van der Waals surface area contributed by atoms with Gasteiger partial charge in [0, 0.05) is 44.4 Å². The quantitative estimate of drug-likeness (QED) is 0.879. The predicted octanol–water partition coefficient (Wildman–Crippen LogP) is 2.88. The van der Waals surface area contributed by atoms with Crippen LogP contribution in [0.25, 0.3) is 0 Å². The highest BCUT2D eigenvalue weighted by atomic mass is 16.2. The number of hydrogen-bond acceptors (Lipinski definition) is 3. The fourth-order valence-electron chi connectivity index (χ4n) is 2.45. The normalized spacial score (nSPS) is 10.0. The first-order valence-electron chi connectivity index (χ1n) is 7.85. The van der Waals surface area contributed by atoms with Gasteiger partial charge < -0.3 is 15.5 Å². The van der Waals surface area contributed by atoms with E-state index in [0.29, 0.717) is 23.5 Å². The van der Waals surface area contributed by atoms with Crippen molar-refractivity contribution in [1.29, 1.82) is 0 Å². The molecule has 6 nitrogen and oxygen atoms in total. The Morgan fingerprint density at radius 3 is 1.88 bits per heavy atom. The van der Waals surface area contributed by atoms with E-state index in [4.69, 9.17) is 0 Å². The predicted molar refractivity (Wildman–Crippen MR) is 97.3 cm³/mol. The first kappa shape index (κ1) is 18.2. The van der Waals surface area contributed by atoms with Crippen molar-refractivity contribution in [3.63, 3.8) is 0 Å². The fourth-order valence-corrected chi connectivity index (χ4v) is 2.45. The molecule has 0 bridgehead atoms. The molecule has 0 aliphatic rings. The van der Waals surface area contributed by atoms with Crippen molar-refractivity contribution < 1.29 is 14.4 Å². The summed E-state index contributed by atoms with van der Waals surface area (Å²) in [5.41, 5.74) is 2.30. The third-order valence-electron chi connectivity index (χ3n) is 3.43. The van der Waals surface area contributed by atoms with Gasteiger partial charge in [0.2, 0.25) is 11.8 Å². The molecule has 0 heterocycles. The lowest BCUT2D eigenvalue weighted by Crippen LogP contribution is -2.26. The molecule has 2 N–H and O–H groups in total. The van der Waals surface area contributed by atoms with Gasteiger partial charge in [-0.2, -0.15) is 0 Å². The summed E-state index contributed by atoms with van der Waals surface area (Å²) in [7, 11) is 1.71. The van der Waals surface area contributed by atoms with E-state index in [1.807, 2.05) is 30.3 Å².